The van der Waals surface area contributed by atoms with Crippen LogP contribution in [0.15, 0.2) is 0 Å². The predicted molar refractivity (Wildman–Crippen MR) is 112 cm³/mol. The molecule has 0 aromatic carbocycles. The Morgan fingerprint density at radius 2 is 1.15 bits per heavy atom. The fraction of sp³-hybridized carbons (Fsp3) is 0.913. The number of carboxylic acids is 1. The normalized spacial score (nSPS) is 11.5. The van der Waals surface area contributed by atoms with Crippen LogP contribution in [0.1, 0.15) is 130 Å². The van der Waals surface area contributed by atoms with E-state index in [1.165, 1.54) is 32.1 Å². The van der Waals surface area contributed by atoms with Crippen molar-refractivity contribution in [1.29, 1.82) is 0 Å². The summed E-state index contributed by atoms with van der Waals surface area (Å²) < 4.78 is 6.09. The Bertz CT molecular complexity index is 371. The summed E-state index contributed by atoms with van der Waals surface area (Å²) in [5.74, 6) is -0.940. The molecule has 0 aliphatic rings. The van der Waals surface area contributed by atoms with Crippen molar-refractivity contribution in [2.24, 2.45) is 0 Å². The van der Waals surface area contributed by atoms with Crippen molar-refractivity contribution in [3.8, 4) is 0 Å². The molecule has 0 amide bonds. The molecule has 0 aliphatic heterocycles. The third kappa shape index (κ3) is 14.6. The minimum Gasteiger partial charge on any atom is -0.481 e. The lowest BCUT2D eigenvalue weighted by molar-refractivity contribution is -0.163. The van der Waals surface area contributed by atoms with Crippen molar-refractivity contribution in [3.63, 3.8) is 0 Å². The van der Waals surface area contributed by atoms with Crippen LogP contribution in [0, 0.1) is 0 Å². The molecule has 0 unspecified atom stereocenters. The van der Waals surface area contributed by atoms with Crippen LogP contribution in [0.5, 0.6) is 0 Å². The molecule has 0 rings (SSSR count). The van der Waals surface area contributed by atoms with E-state index in [-0.39, 0.29) is 18.0 Å². The number of carbonyl (C=O) groups excluding carboxylic acids is 1. The van der Waals surface area contributed by atoms with E-state index in [0.717, 1.165) is 51.4 Å². The Labute approximate surface area is 167 Å². The highest BCUT2D eigenvalue weighted by atomic mass is 16.6. The Kier molecular flexibility index (Phi) is 16.4. The van der Waals surface area contributed by atoms with Crippen molar-refractivity contribution in [2.45, 2.75) is 136 Å². The summed E-state index contributed by atoms with van der Waals surface area (Å²) in [6.07, 6.45) is 16.4. The number of carboxylic acid groups (broad SMARTS) is 1. The third-order valence-electron chi connectivity index (χ3n) is 5.31. The first-order valence-electron chi connectivity index (χ1n) is 11.4. The molecule has 0 spiro atoms. The van der Waals surface area contributed by atoms with Crippen molar-refractivity contribution >= 4 is 11.9 Å². The molecule has 160 valence electrons. The van der Waals surface area contributed by atoms with Gasteiger partial charge in [0.05, 0.1) is 0 Å². The Morgan fingerprint density at radius 3 is 1.70 bits per heavy atom. The zero-order chi connectivity index (χ0) is 20.4. The molecule has 0 aromatic rings. The van der Waals surface area contributed by atoms with Crippen LogP contribution in [-0.2, 0) is 14.3 Å². The third-order valence-corrected chi connectivity index (χ3v) is 5.31. The van der Waals surface area contributed by atoms with E-state index in [2.05, 4.69) is 20.8 Å². The maximum Gasteiger partial charge on any atom is 0.306 e. The number of aliphatic carboxylic acids is 1. The lowest BCUT2D eigenvalue weighted by Crippen LogP contribution is -2.35. The average Bonchev–Trinajstić information content (AvgIpc) is 2.64. The monoisotopic (exact) mass is 384 g/mol. The van der Waals surface area contributed by atoms with Crippen LogP contribution >= 0.6 is 0 Å². The summed E-state index contributed by atoms with van der Waals surface area (Å²) in [6, 6.07) is 0. The van der Waals surface area contributed by atoms with Gasteiger partial charge in [-0.2, -0.15) is 0 Å². The number of rotatable bonds is 19. The topological polar surface area (TPSA) is 63.6 Å². The van der Waals surface area contributed by atoms with Crippen LogP contribution in [0.4, 0.5) is 0 Å². The van der Waals surface area contributed by atoms with Gasteiger partial charge in [0.25, 0.3) is 0 Å². The van der Waals surface area contributed by atoms with Crippen LogP contribution in [0.2, 0.25) is 0 Å². The number of unbranched alkanes of at least 4 members (excludes halogenated alkanes) is 8. The van der Waals surface area contributed by atoms with Gasteiger partial charge in [-0.1, -0.05) is 65.7 Å². The molecular formula is C23H44O4. The molecular weight excluding hydrogens is 340 g/mol. The van der Waals surface area contributed by atoms with Gasteiger partial charge in [-0.05, 0) is 51.4 Å². The maximum atomic E-state index is 12.4. The Balaban J connectivity index is 4.64. The van der Waals surface area contributed by atoms with Gasteiger partial charge in [0.15, 0.2) is 0 Å². The summed E-state index contributed by atoms with van der Waals surface area (Å²) in [5, 5.41) is 8.72. The van der Waals surface area contributed by atoms with Gasteiger partial charge in [-0.15, -0.1) is 0 Å². The summed E-state index contributed by atoms with van der Waals surface area (Å²) in [5.41, 5.74) is -0.305. The van der Waals surface area contributed by atoms with Crippen molar-refractivity contribution in [3.05, 3.63) is 0 Å². The van der Waals surface area contributed by atoms with E-state index in [4.69, 9.17) is 9.84 Å². The van der Waals surface area contributed by atoms with E-state index in [1.807, 2.05) is 0 Å². The van der Waals surface area contributed by atoms with Crippen molar-refractivity contribution < 1.29 is 19.4 Å². The van der Waals surface area contributed by atoms with E-state index < -0.39 is 5.97 Å². The summed E-state index contributed by atoms with van der Waals surface area (Å²) in [4.78, 5) is 23.0. The minimum atomic E-state index is -0.799. The van der Waals surface area contributed by atoms with Crippen LogP contribution in [-0.4, -0.2) is 22.6 Å². The lowest BCUT2D eigenvalue weighted by Gasteiger charge is -2.34. The summed E-state index contributed by atoms with van der Waals surface area (Å²) >= 11 is 0. The molecule has 0 aromatic heterocycles. The predicted octanol–water partition coefficient (Wildman–Crippen LogP) is 7.04. The van der Waals surface area contributed by atoms with Gasteiger partial charge in [-0.25, -0.2) is 0 Å². The number of ether oxygens (including phenoxy) is 1. The van der Waals surface area contributed by atoms with Gasteiger partial charge in [0, 0.05) is 12.8 Å². The molecule has 0 fully saturated rings. The molecule has 0 saturated carbocycles. The molecule has 0 radical (unpaired) electrons. The molecule has 0 bridgehead atoms. The molecule has 0 heterocycles. The van der Waals surface area contributed by atoms with Crippen molar-refractivity contribution in [1.82, 2.24) is 0 Å². The number of esters is 1. The van der Waals surface area contributed by atoms with Crippen LogP contribution in [0.3, 0.4) is 0 Å². The highest BCUT2D eigenvalue weighted by Gasteiger charge is 2.32. The van der Waals surface area contributed by atoms with E-state index in [0.29, 0.717) is 19.3 Å². The molecule has 4 nitrogen and oxygen atoms in total. The van der Waals surface area contributed by atoms with Gasteiger partial charge < -0.3 is 9.84 Å². The second-order valence-corrected chi connectivity index (χ2v) is 7.98. The second-order valence-electron chi connectivity index (χ2n) is 7.98. The Morgan fingerprint density at radius 1 is 0.667 bits per heavy atom. The van der Waals surface area contributed by atoms with E-state index >= 15 is 0 Å². The summed E-state index contributed by atoms with van der Waals surface area (Å²) in [7, 11) is 0. The smallest absolute Gasteiger partial charge is 0.306 e. The first-order valence-corrected chi connectivity index (χ1v) is 11.4. The molecule has 0 saturated heterocycles. The zero-order valence-electron chi connectivity index (χ0n) is 18.2. The SMILES string of the molecule is CCCCCCCCC(CCCC)(CCCC)OC(=O)CCCCC(=O)O. The standard InChI is InChI=1S/C23H44O4/c1-4-7-10-11-12-15-20-23(18-8-5-2,19-9-6-3)27-22(26)17-14-13-16-21(24)25/h4-20H2,1-3H3,(H,24,25). The van der Waals surface area contributed by atoms with Gasteiger partial charge in [0.2, 0.25) is 0 Å². The second kappa shape index (κ2) is 17.1. The quantitative estimate of drug-likeness (QED) is 0.191. The number of carbonyl (C=O) groups is 2. The fourth-order valence-corrected chi connectivity index (χ4v) is 3.59. The fourth-order valence-electron chi connectivity index (χ4n) is 3.59. The molecule has 0 aliphatic carbocycles. The molecule has 4 heteroatoms. The van der Waals surface area contributed by atoms with Crippen LogP contribution < -0.4 is 0 Å². The summed E-state index contributed by atoms with van der Waals surface area (Å²) in [6.45, 7) is 6.60. The molecule has 1 N–H and O–H groups in total. The highest BCUT2D eigenvalue weighted by molar-refractivity contribution is 5.70. The zero-order valence-corrected chi connectivity index (χ0v) is 18.2. The number of hydrogen-bond acceptors (Lipinski definition) is 3. The minimum absolute atomic E-state index is 0.127. The average molecular weight is 385 g/mol. The maximum absolute atomic E-state index is 12.4. The van der Waals surface area contributed by atoms with Gasteiger partial charge >= 0.3 is 11.9 Å². The lowest BCUT2D eigenvalue weighted by atomic mass is 9.85. The first kappa shape index (κ1) is 25.9. The molecule has 0 atom stereocenters. The van der Waals surface area contributed by atoms with Gasteiger partial charge in [-0.3, -0.25) is 9.59 Å². The molecule has 27 heavy (non-hydrogen) atoms. The van der Waals surface area contributed by atoms with E-state index in [1.54, 1.807) is 0 Å². The largest absolute Gasteiger partial charge is 0.481 e. The van der Waals surface area contributed by atoms with Gasteiger partial charge in [0.1, 0.15) is 5.60 Å². The first-order chi connectivity index (χ1) is 13.0. The van der Waals surface area contributed by atoms with Crippen LogP contribution in [0.25, 0.3) is 0 Å². The van der Waals surface area contributed by atoms with E-state index in [9.17, 15) is 9.59 Å². The Hall–Kier alpha value is -1.06. The number of hydrogen-bond donors (Lipinski definition) is 1. The van der Waals surface area contributed by atoms with Crippen molar-refractivity contribution in [2.75, 3.05) is 0 Å². The highest BCUT2D eigenvalue weighted by Crippen LogP contribution is 2.32.